The Bertz CT molecular complexity index is 733. The number of anilines is 1. The average Bonchev–Trinajstić information content (AvgIpc) is 3.03. The molecule has 0 spiro atoms. The Hall–Kier alpha value is -2.41. The van der Waals surface area contributed by atoms with E-state index in [1.165, 1.54) is 16.9 Å². The zero-order valence-corrected chi connectivity index (χ0v) is 12.4. The fourth-order valence-electron chi connectivity index (χ4n) is 2.45. The second kappa shape index (κ2) is 5.17. The molecule has 1 aliphatic rings. The summed E-state index contributed by atoms with van der Waals surface area (Å²) < 4.78 is 0. The summed E-state index contributed by atoms with van der Waals surface area (Å²) in [4.78, 5) is 21.7. The molecule has 6 nitrogen and oxygen atoms in total. The van der Waals surface area contributed by atoms with E-state index in [1.807, 2.05) is 17.5 Å². The van der Waals surface area contributed by atoms with Crippen molar-refractivity contribution in [3.05, 3.63) is 29.1 Å². The van der Waals surface area contributed by atoms with Crippen LogP contribution >= 0.6 is 11.3 Å². The van der Waals surface area contributed by atoms with Crippen molar-refractivity contribution in [3.63, 3.8) is 0 Å². The predicted molar refractivity (Wildman–Crippen MR) is 84.8 cm³/mol. The number of fused-ring (bicyclic) bond motifs is 1. The van der Waals surface area contributed by atoms with Crippen molar-refractivity contribution in [1.82, 2.24) is 4.98 Å². The minimum atomic E-state index is 0.00181. The zero-order chi connectivity index (χ0) is 15.0. The van der Waals surface area contributed by atoms with Crippen LogP contribution in [0.2, 0.25) is 0 Å². The molecule has 1 amide bonds. The van der Waals surface area contributed by atoms with Crippen LogP contribution in [0.15, 0.2) is 28.6 Å². The third kappa shape index (κ3) is 2.59. The van der Waals surface area contributed by atoms with Crippen molar-refractivity contribution in [2.45, 2.75) is 13.3 Å². The fourth-order valence-corrected chi connectivity index (χ4v) is 3.16. The molecule has 0 atom stereocenters. The van der Waals surface area contributed by atoms with Gasteiger partial charge in [-0.25, -0.2) is 4.98 Å². The van der Waals surface area contributed by atoms with Crippen LogP contribution in [0, 0.1) is 0 Å². The number of aliphatic imine (C=N–C) groups is 1. The zero-order valence-electron chi connectivity index (χ0n) is 11.5. The molecule has 0 aliphatic carbocycles. The smallest absolute Gasteiger partial charge is 0.223 e. The van der Waals surface area contributed by atoms with Gasteiger partial charge in [-0.2, -0.15) is 4.99 Å². The highest BCUT2D eigenvalue weighted by Gasteiger charge is 2.22. The van der Waals surface area contributed by atoms with Crippen molar-refractivity contribution < 1.29 is 4.79 Å². The molecule has 1 aromatic carbocycles. The third-order valence-corrected chi connectivity index (χ3v) is 4.10. The summed E-state index contributed by atoms with van der Waals surface area (Å²) in [5.74, 6) is 0.0761. The molecule has 1 aromatic heterocycles. The molecule has 0 bridgehead atoms. The largest absolute Gasteiger partial charge is 0.370 e. The predicted octanol–water partition coefficient (Wildman–Crippen LogP) is 1.62. The molecule has 0 saturated carbocycles. The first-order valence-electron chi connectivity index (χ1n) is 6.51. The lowest BCUT2D eigenvalue weighted by Crippen LogP contribution is -2.25. The Balaban J connectivity index is 1.93. The first kappa shape index (κ1) is 13.6. The van der Waals surface area contributed by atoms with Crippen LogP contribution in [-0.2, 0) is 11.2 Å². The number of hydrogen-bond acceptors (Lipinski definition) is 4. The van der Waals surface area contributed by atoms with E-state index in [-0.39, 0.29) is 11.9 Å². The first-order chi connectivity index (χ1) is 10.0. The molecule has 3 rings (SSSR count). The summed E-state index contributed by atoms with van der Waals surface area (Å²) in [7, 11) is 0. The van der Waals surface area contributed by atoms with Gasteiger partial charge in [0.05, 0.1) is 5.69 Å². The molecule has 4 N–H and O–H groups in total. The van der Waals surface area contributed by atoms with E-state index < -0.39 is 0 Å². The van der Waals surface area contributed by atoms with E-state index in [9.17, 15) is 4.79 Å². The summed E-state index contributed by atoms with van der Waals surface area (Å²) in [5.41, 5.74) is 14.7. The van der Waals surface area contributed by atoms with Crippen LogP contribution in [0.3, 0.4) is 0 Å². The maximum absolute atomic E-state index is 11.5. The summed E-state index contributed by atoms with van der Waals surface area (Å²) >= 11 is 1.39. The van der Waals surface area contributed by atoms with E-state index in [1.54, 1.807) is 11.8 Å². The van der Waals surface area contributed by atoms with E-state index >= 15 is 0 Å². The van der Waals surface area contributed by atoms with Crippen LogP contribution in [0.25, 0.3) is 11.3 Å². The number of thiazole rings is 1. The number of rotatable bonds is 2. The molecule has 0 radical (unpaired) electrons. The van der Waals surface area contributed by atoms with Gasteiger partial charge in [0.25, 0.3) is 0 Å². The Morgan fingerprint density at radius 3 is 2.95 bits per heavy atom. The molecule has 0 fully saturated rings. The van der Waals surface area contributed by atoms with E-state index in [4.69, 9.17) is 11.5 Å². The molecule has 1 aliphatic heterocycles. The van der Waals surface area contributed by atoms with Gasteiger partial charge in [0.15, 0.2) is 5.96 Å². The number of carbonyl (C=O) groups excluding carboxylic acids is 1. The Kier molecular flexibility index (Phi) is 3.34. The second-order valence-electron chi connectivity index (χ2n) is 4.82. The van der Waals surface area contributed by atoms with Gasteiger partial charge in [-0.05, 0) is 24.1 Å². The highest BCUT2D eigenvalue weighted by molar-refractivity contribution is 7.13. The van der Waals surface area contributed by atoms with Gasteiger partial charge >= 0.3 is 0 Å². The van der Waals surface area contributed by atoms with Crippen LogP contribution in [-0.4, -0.2) is 23.4 Å². The van der Waals surface area contributed by atoms with Gasteiger partial charge in [0.1, 0.15) is 0 Å². The van der Waals surface area contributed by atoms with Crippen LogP contribution in [0.5, 0.6) is 0 Å². The van der Waals surface area contributed by atoms with Gasteiger partial charge in [-0.1, -0.05) is 6.07 Å². The maximum Gasteiger partial charge on any atom is 0.223 e. The van der Waals surface area contributed by atoms with Gasteiger partial charge < -0.3 is 16.4 Å². The number of nitrogens with zero attached hydrogens (tertiary/aromatic N) is 3. The first-order valence-corrected chi connectivity index (χ1v) is 7.39. The van der Waals surface area contributed by atoms with Crippen LogP contribution < -0.4 is 16.4 Å². The average molecular weight is 301 g/mol. The number of benzene rings is 1. The van der Waals surface area contributed by atoms with Gasteiger partial charge in [0, 0.05) is 30.1 Å². The number of guanidine groups is 1. The Morgan fingerprint density at radius 2 is 2.24 bits per heavy atom. The minimum absolute atomic E-state index is 0.00181. The second-order valence-corrected chi connectivity index (χ2v) is 5.65. The third-order valence-electron chi connectivity index (χ3n) is 3.37. The standard InChI is InChI=1S/C14H15N5OS/c1-8(20)19-5-4-10-6-9(2-3-12(10)19)11-7-21-14(17-11)18-13(15)16/h2-3,6-7H,4-5H2,1H3,(H4,15,16,17,18). The van der Waals surface area contributed by atoms with E-state index in [0.29, 0.717) is 5.13 Å². The van der Waals surface area contributed by atoms with E-state index in [0.717, 1.165) is 29.9 Å². The fraction of sp³-hybridized carbons (Fsp3) is 0.214. The molecular formula is C14H15N5OS. The molecule has 7 heteroatoms. The summed E-state index contributed by atoms with van der Waals surface area (Å²) in [6.45, 7) is 2.33. The quantitative estimate of drug-likeness (QED) is 0.650. The van der Waals surface area contributed by atoms with Crippen molar-refractivity contribution in [3.8, 4) is 11.3 Å². The van der Waals surface area contributed by atoms with Gasteiger partial charge in [-0.15, -0.1) is 11.3 Å². The monoisotopic (exact) mass is 301 g/mol. The lowest BCUT2D eigenvalue weighted by Gasteiger charge is -2.14. The normalized spacial score (nSPS) is 13.1. The van der Waals surface area contributed by atoms with Crippen molar-refractivity contribution >= 4 is 34.0 Å². The topological polar surface area (TPSA) is 97.6 Å². The number of carbonyl (C=O) groups is 1. The van der Waals surface area contributed by atoms with Gasteiger partial charge in [0.2, 0.25) is 11.0 Å². The number of amides is 1. The summed E-state index contributed by atoms with van der Waals surface area (Å²) in [5, 5.41) is 2.46. The highest BCUT2D eigenvalue weighted by atomic mass is 32.1. The lowest BCUT2D eigenvalue weighted by atomic mass is 10.1. The van der Waals surface area contributed by atoms with Crippen molar-refractivity contribution in [2.24, 2.45) is 16.5 Å². The van der Waals surface area contributed by atoms with Crippen molar-refractivity contribution in [1.29, 1.82) is 0 Å². The maximum atomic E-state index is 11.5. The summed E-state index contributed by atoms with van der Waals surface area (Å²) in [6, 6.07) is 6.01. The molecule has 0 saturated heterocycles. The van der Waals surface area contributed by atoms with Crippen molar-refractivity contribution in [2.75, 3.05) is 11.4 Å². The number of nitrogens with two attached hydrogens (primary N) is 2. The Labute approximate surface area is 126 Å². The SMILES string of the molecule is CC(=O)N1CCc2cc(-c3csc(N=C(N)N)n3)ccc21. The number of aromatic nitrogens is 1. The van der Waals surface area contributed by atoms with Gasteiger partial charge in [-0.3, -0.25) is 4.79 Å². The lowest BCUT2D eigenvalue weighted by molar-refractivity contribution is -0.116. The Morgan fingerprint density at radius 1 is 1.43 bits per heavy atom. The van der Waals surface area contributed by atoms with E-state index in [2.05, 4.69) is 16.0 Å². The minimum Gasteiger partial charge on any atom is -0.370 e. The molecule has 21 heavy (non-hydrogen) atoms. The van der Waals surface area contributed by atoms with Crippen LogP contribution in [0.4, 0.5) is 10.8 Å². The molecular weight excluding hydrogens is 286 g/mol. The molecule has 2 aromatic rings. The molecule has 108 valence electrons. The number of hydrogen-bond donors (Lipinski definition) is 2. The molecule has 2 heterocycles. The molecule has 0 unspecified atom stereocenters. The summed E-state index contributed by atoms with van der Waals surface area (Å²) in [6.07, 6.45) is 0.869. The van der Waals surface area contributed by atoms with Crippen LogP contribution in [0.1, 0.15) is 12.5 Å². The highest BCUT2D eigenvalue weighted by Crippen LogP contribution is 2.33.